The molecule has 0 saturated carbocycles. The number of hydrogen-bond donors (Lipinski definition) is 1. The van der Waals surface area contributed by atoms with Crippen LogP contribution in [0.25, 0.3) is 0 Å². The minimum absolute atomic E-state index is 0.0696. The van der Waals surface area contributed by atoms with E-state index in [-0.39, 0.29) is 10.5 Å². The normalized spacial score (nSPS) is 19.3. The fourth-order valence-corrected chi connectivity index (χ4v) is 2.05. The Morgan fingerprint density at radius 2 is 2.00 bits per heavy atom. The molecular weight excluding hydrogens is 162 g/mol. The lowest BCUT2D eigenvalue weighted by Gasteiger charge is -2.14. The van der Waals surface area contributed by atoms with Crippen LogP contribution in [-0.4, -0.2) is 35.0 Å². The fourth-order valence-electron chi connectivity index (χ4n) is 0.793. The lowest BCUT2D eigenvalue weighted by molar-refractivity contribution is 0.201. The van der Waals surface area contributed by atoms with Gasteiger partial charge in [-0.2, -0.15) is 0 Å². The van der Waals surface area contributed by atoms with Crippen molar-refractivity contribution in [2.24, 2.45) is 5.73 Å². The Bertz CT molecular complexity index is 130. The molecule has 4 heteroatoms. The summed E-state index contributed by atoms with van der Waals surface area (Å²) in [6.45, 7) is 4.81. The number of rotatable bonds is 5. The van der Waals surface area contributed by atoms with Gasteiger partial charge < -0.3 is 10.5 Å². The van der Waals surface area contributed by atoms with Crippen LogP contribution in [-0.2, 0) is 15.5 Å². The summed E-state index contributed by atoms with van der Waals surface area (Å²) in [5, 5.41) is 0.152. The summed E-state index contributed by atoms with van der Waals surface area (Å²) in [6.07, 6.45) is 0. The first-order valence-corrected chi connectivity index (χ1v) is 4.99. The van der Waals surface area contributed by atoms with Crippen LogP contribution in [0.3, 0.4) is 0 Å². The standard InChI is InChI=1S/C7H17NO2S/c1-6(4-8)11(9)7(2)5-10-3/h6-7H,4-5,8H2,1-3H3. The summed E-state index contributed by atoms with van der Waals surface area (Å²) in [4.78, 5) is 0. The van der Waals surface area contributed by atoms with Gasteiger partial charge in [0.25, 0.3) is 0 Å². The molecule has 11 heavy (non-hydrogen) atoms. The van der Waals surface area contributed by atoms with Gasteiger partial charge in [-0.15, -0.1) is 0 Å². The van der Waals surface area contributed by atoms with Crippen LogP contribution in [0.1, 0.15) is 13.8 Å². The second kappa shape index (κ2) is 5.69. The average molecular weight is 179 g/mol. The molecule has 3 nitrogen and oxygen atoms in total. The van der Waals surface area contributed by atoms with Gasteiger partial charge in [0.1, 0.15) is 0 Å². The number of nitrogens with two attached hydrogens (primary N) is 1. The Kier molecular flexibility index (Phi) is 5.72. The molecule has 0 aliphatic carbocycles. The molecule has 68 valence electrons. The lowest BCUT2D eigenvalue weighted by atomic mass is 10.5. The lowest BCUT2D eigenvalue weighted by Crippen LogP contribution is -2.30. The van der Waals surface area contributed by atoms with Gasteiger partial charge in [0.15, 0.2) is 0 Å². The number of hydrogen-bond acceptors (Lipinski definition) is 3. The van der Waals surface area contributed by atoms with Crippen molar-refractivity contribution in [3.63, 3.8) is 0 Å². The molecule has 2 N–H and O–H groups in total. The van der Waals surface area contributed by atoms with Crippen LogP contribution in [0.5, 0.6) is 0 Å². The van der Waals surface area contributed by atoms with E-state index in [2.05, 4.69) is 0 Å². The Morgan fingerprint density at radius 1 is 1.45 bits per heavy atom. The molecule has 0 aromatic carbocycles. The zero-order valence-corrected chi connectivity index (χ0v) is 8.19. The smallest absolute Gasteiger partial charge is 0.0603 e. The van der Waals surface area contributed by atoms with E-state index in [0.717, 1.165) is 0 Å². The Morgan fingerprint density at radius 3 is 2.36 bits per heavy atom. The Hall–Kier alpha value is 0.0700. The highest BCUT2D eigenvalue weighted by atomic mass is 32.2. The molecule has 0 aromatic heterocycles. The van der Waals surface area contributed by atoms with Gasteiger partial charge >= 0.3 is 0 Å². The van der Waals surface area contributed by atoms with Gasteiger partial charge in [0.05, 0.1) is 11.9 Å². The maximum Gasteiger partial charge on any atom is 0.0603 e. The molecule has 0 radical (unpaired) electrons. The summed E-state index contributed by atoms with van der Waals surface area (Å²) in [5.41, 5.74) is 5.37. The topological polar surface area (TPSA) is 52.3 Å². The summed E-state index contributed by atoms with van der Waals surface area (Å²) < 4.78 is 16.3. The maximum absolute atomic E-state index is 11.4. The summed E-state index contributed by atoms with van der Waals surface area (Å²) in [6, 6.07) is 0. The van der Waals surface area contributed by atoms with Crippen LogP contribution in [0.15, 0.2) is 0 Å². The SMILES string of the molecule is COCC(C)S(=O)C(C)CN. The first-order valence-electron chi connectivity index (χ1n) is 3.71. The first-order chi connectivity index (χ1) is 5.13. The molecule has 0 aliphatic rings. The van der Waals surface area contributed by atoms with Crippen molar-refractivity contribution in [1.82, 2.24) is 0 Å². The molecule has 0 amide bonds. The zero-order valence-electron chi connectivity index (χ0n) is 7.37. The zero-order chi connectivity index (χ0) is 8.85. The van der Waals surface area contributed by atoms with E-state index < -0.39 is 10.8 Å². The number of ether oxygens (including phenoxy) is 1. The molecule has 0 aromatic rings. The molecule has 0 bridgehead atoms. The second-order valence-electron chi connectivity index (χ2n) is 2.64. The highest BCUT2D eigenvalue weighted by Crippen LogP contribution is 2.02. The van der Waals surface area contributed by atoms with Gasteiger partial charge in [-0.3, -0.25) is 4.21 Å². The monoisotopic (exact) mass is 179 g/mol. The third-order valence-corrected chi connectivity index (χ3v) is 3.44. The van der Waals surface area contributed by atoms with Crippen molar-refractivity contribution in [1.29, 1.82) is 0 Å². The van der Waals surface area contributed by atoms with Gasteiger partial charge in [-0.1, -0.05) is 0 Å². The van der Waals surface area contributed by atoms with Crippen molar-refractivity contribution in [3.05, 3.63) is 0 Å². The van der Waals surface area contributed by atoms with E-state index in [9.17, 15) is 4.21 Å². The van der Waals surface area contributed by atoms with Crippen LogP contribution in [0, 0.1) is 0 Å². The van der Waals surface area contributed by atoms with Crippen molar-refractivity contribution < 1.29 is 8.95 Å². The van der Waals surface area contributed by atoms with E-state index in [1.807, 2.05) is 13.8 Å². The highest BCUT2D eigenvalue weighted by molar-refractivity contribution is 7.86. The average Bonchev–Trinajstić information content (AvgIpc) is 2.02. The third kappa shape index (κ3) is 3.84. The van der Waals surface area contributed by atoms with Gasteiger partial charge in [-0.05, 0) is 13.8 Å². The van der Waals surface area contributed by atoms with E-state index >= 15 is 0 Å². The van der Waals surface area contributed by atoms with Crippen molar-refractivity contribution >= 4 is 10.8 Å². The molecule has 0 heterocycles. The Balaban J connectivity index is 3.81. The van der Waals surface area contributed by atoms with Crippen molar-refractivity contribution in [2.75, 3.05) is 20.3 Å². The van der Waals surface area contributed by atoms with Crippen LogP contribution < -0.4 is 5.73 Å². The minimum atomic E-state index is -0.859. The molecule has 0 spiro atoms. The second-order valence-corrected chi connectivity index (χ2v) is 4.91. The Labute approximate surface area is 70.8 Å². The number of methoxy groups -OCH3 is 1. The molecule has 0 rings (SSSR count). The molecule has 0 fully saturated rings. The molecule has 0 aliphatic heterocycles. The minimum Gasteiger partial charge on any atom is -0.383 e. The quantitative estimate of drug-likeness (QED) is 0.652. The van der Waals surface area contributed by atoms with E-state index in [1.165, 1.54) is 0 Å². The van der Waals surface area contributed by atoms with E-state index in [4.69, 9.17) is 10.5 Å². The van der Waals surface area contributed by atoms with Crippen molar-refractivity contribution in [2.45, 2.75) is 24.3 Å². The molecule has 0 saturated heterocycles. The maximum atomic E-state index is 11.4. The van der Waals surface area contributed by atoms with E-state index in [1.54, 1.807) is 7.11 Å². The molecule has 3 atom stereocenters. The summed E-state index contributed by atoms with van der Waals surface area (Å²) >= 11 is 0. The van der Waals surface area contributed by atoms with Crippen LogP contribution in [0.4, 0.5) is 0 Å². The fraction of sp³-hybridized carbons (Fsp3) is 1.00. The van der Waals surface area contributed by atoms with Gasteiger partial charge in [-0.25, -0.2) is 0 Å². The van der Waals surface area contributed by atoms with E-state index in [0.29, 0.717) is 13.2 Å². The molecule has 3 unspecified atom stereocenters. The summed E-state index contributed by atoms with van der Waals surface area (Å²) in [5.74, 6) is 0. The van der Waals surface area contributed by atoms with Crippen LogP contribution >= 0.6 is 0 Å². The highest BCUT2D eigenvalue weighted by Gasteiger charge is 2.16. The largest absolute Gasteiger partial charge is 0.383 e. The predicted octanol–water partition coefficient (Wildman–Crippen LogP) is 0.117. The predicted molar refractivity (Wildman–Crippen MR) is 48.0 cm³/mol. The molecular formula is C7H17NO2S. The van der Waals surface area contributed by atoms with Crippen molar-refractivity contribution in [3.8, 4) is 0 Å². The van der Waals surface area contributed by atoms with Crippen LogP contribution in [0.2, 0.25) is 0 Å². The summed E-state index contributed by atoms with van der Waals surface area (Å²) in [7, 11) is 0.752. The first kappa shape index (κ1) is 11.1. The third-order valence-electron chi connectivity index (χ3n) is 1.53. The van der Waals surface area contributed by atoms with Gasteiger partial charge in [0, 0.05) is 29.7 Å². The van der Waals surface area contributed by atoms with Gasteiger partial charge in [0.2, 0.25) is 0 Å².